The fourth-order valence-corrected chi connectivity index (χ4v) is 1.77. The first-order chi connectivity index (χ1) is 10.2. The molecule has 2 N–H and O–H groups in total. The molecule has 0 saturated carbocycles. The first kappa shape index (κ1) is 17.1. The average Bonchev–Trinajstić information content (AvgIpc) is 2.48. The molecule has 0 amide bonds. The Labute approximate surface area is 126 Å². The van der Waals surface area contributed by atoms with Crippen molar-refractivity contribution in [1.82, 2.24) is 0 Å². The Morgan fingerprint density at radius 3 is 2.52 bits per heavy atom. The standard InChI is InChI=1S/C16H25NO4/c1-3-5-6-7-10-21-16(20-4-2)17-12-13-8-9-14(18)15(19)11-13/h8-9,11,18-19H,3-7,10,12H2,1-2H3. The zero-order valence-electron chi connectivity index (χ0n) is 12.8. The molecule has 0 aliphatic carbocycles. The van der Waals surface area contributed by atoms with Crippen LogP contribution >= 0.6 is 0 Å². The van der Waals surface area contributed by atoms with Crippen LogP contribution in [0.5, 0.6) is 11.5 Å². The SMILES string of the molecule is CCCCCCOC(=NCc1ccc(O)c(O)c1)OCC. The summed E-state index contributed by atoms with van der Waals surface area (Å²) >= 11 is 0. The Bertz CT molecular complexity index is 446. The van der Waals surface area contributed by atoms with Crippen LogP contribution in [0.3, 0.4) is 0 Å². The van der Waals surface area contributed by atoms with Crippen molar-refractivity contribution in [2.24, 2.45) is 4.99 Å². The lowest BCUT2D eigenvalue weighted by Gasteiger charge is -2.09. The number of nitrogens with zero attached hydrogens (tertiary/aromatic N) is 1. The molecule has 0 aliphatic rings. The van der Waals surface area contributed by atoms with Crippen LogP contribution in [0.1, 0.15) is 45.1 Å². The minimum absolute atomic E-state index is 0.139. The van der Waals surface area contributed by atoms with Gasteiger partial charge in [0.2, 0.25) is 0 Å². The Morgan fingerprint density at radius 1 is 1.05 bits per heavy atom. The van der Waals surface area contributed by atoms with Gasteiger partial charge >= 0.3 is 6.08 Å². The summed E-state index contributed by atoms with van der Waals surface area (Å²) in [5, 5.41) is 18.7. The number of phenolic OH excluding ortho intramolecular Hbond substituents is 2. The van der Waals surface area contributed by atoms with E-state index >= 15 is 0 Å². The summed E-state index contributed by atoms with van der Waals surface area (Å²) in [6.45, 7) is 5.47. The molecule has 0 unspecified atom stereocenters. The number of phenols is 2. The number of hydrogen-bond donors (Lipinski definition) is 2. The molecule has 0 atom stereocenters. The van der Waals surface area contributed by atoms with Gasteiger partial charge in [-0.05, 0) is 31.0 Å². The molecule has 0 aromatic heterocycles. The van der Waals surface area contributed by atoms with Gasteiger partial charge < -0.3 is 19.7 Å². The number of ether oxygens (including phenoxy) is 2. The fourth-order valence-electron chi connectivity index (χ4n) is 1.77. The molecule has 0 aliphatic heterocycles. The molecular weight excluding hydrogens is 270 g/mol. The Morgan fingerprint density at radius 2 is 1.86 bits per heavy atom. The molecule has 1 aromatic carbocycles. The summed E-state index contributed by atoms with van der Waals surface area (Å²) < 4.78 is 10.9. The van der Waals surface area contributed by atoms with E-state index in [0.29, 0.717) is 19.8 Å². The molecule has 1 aromatic rings. The molecule has 1 rings (SSSR count). The molecule has 5 heteroatoms. The second-order valence-corrected chi connectivity index (χ2v) is 4.75. The van der Waals surface area contributed by atoms with Crippen molar-refractivity contribution in [3.8, 4) is 11.5 Å². The minimum atomic E-state index is -0.152. The molecule has 5 nitrogen and oxygen atoms in total. The minimum Gasteiger partial charge on any atom is -0.504 e. The van der Waals surface area contributed by atoms with Gasteiger partial charge in [-0.2, -0.15) is 0 Å². The van der Waals surface area contributed by atoms with Crippen LogP contribution in [0, 0.1) is 0 Å². The normalized spacial score (nSPS) is 11.4. The van der Waals surface area contributed by atoms with Crippen molar-refractivity contribution in [2.45, 2.75) is 46.1 Å². The average molecular weight is 295 g/mol. The van der Waals surface area contributed by atoms with Gasteiger partial charge in [0, 0.05) is 0 Å². The first-order valence-corrected chi connectivity index (χ1v) is 7.48. The van der Waals surface area contributed by atoms with Gasteiger partial charge in [0.1, 0.15) is 0 Å². The van der Waals surface area contributed by atoms with E-state index in [-0.39, 0.29) is 17.6 Å². The summed E-state index contributed by atoms with van der Waals surface area (Å²) in [7, 11) is 0. The number of rotatable bonds is 8. The Balaban J connectivity index is 2.48. The highest BCUT2D eigenvalue weighted by molar-refractivity contribution is 5.66. The topological polar surface area (TPSA) is 71.3 Å². The maximum atomic E-state index is 9.43. The highest BCUT2D eigenvalue weighted by atomic mass is 16.7. The second kappa shape index (κ2) is 9.91. The number of benzene rings is 1. The van der Waals surface area contributed by atoms with Crippen molar-refractivity contribution in [1.29, 1.82) is 0 Å². The molecule has 0 heterocycles. The first-order valence-electron chi connectivity index (χ1n) is 7.48. The third kappa shape index (κ3) is 6.88. The molecule has 0 spiro atoms. The number of hydrogen-bond acceptors (Lipinski definition) is 5. The van der Waals surface area contributed by atoms with Crippen molar-refractivity contribution >= 4 is 6.08 Å². The third-order valence-corrected chi connectivity index (χ3v) is 2.92. The maximum Gasteiger partial charge on any atom is 0.383 e. The van der Waals surface area contributed by atoms with Gasteiger partial charge in [-0.25, -0.2) is 4.99 Å². The summed E-state index contributed by atoms with van der Waals surface area (Å²) in [4.78, 5) is 4.25. The van der Waals surface area contributed by atoms with Gasteiger partial charge in [0.15, 0.2) is 11.5 Å². The highest BCUT2D eigenvalue weighted by Gasteiger charge is 2.03. The molecular formula is C16H25NO4. The highest BCUT2D eigenvalue weighted by Crippen LogP contribution is 2.25. The zero-order chi connectivity index (χ0) is 15.5. The van der Waals surface area contributed by atoms with E-state index in [1.165, 1.54) is 25.0 Å². The number of aliphatic imine (C=N–C) groups is 1. The van der Waals surface area contributed by atoms with E-state index in [1.54, 1.807) is 6.07 Å². The summed E-state index contributed by atoms with van der Waals surface area (Å²) in [5.74, 6) is -0.291. The van der Waals surface area contributed by atoms with Crippen LogP contribution in [0.4, 0.5) is 0 Å². The fraction of sp³-hybridized carbons (Fsp3) is 0.562. The predicted octanol–water partition coefficient (Wildman–Crippen LogP) is 3.59. The molecule has 0 saturated heterocycles. The van der Waals surface area contributed by atoms with E-state index in [2.05, 4.69) is 11.9 Å². The molecule has 0 bridgehead atoms. The van der Waals surface area contributed by atoms with E-state index in [4.69, 9.17) is 9.47 Å². The number of aromatic hydroxyl groups is 2. The largest absolute Gasteiger partial charge is 0.504 e. The van der Waals surface area contributed by atoms with Crippen molar-refractivity contribution in [3.63, 3.8) is 0 Å². The summed E-state index contributed by atoms with van der Waals surface area (Å²) in [6.07, 6.45) is 4.80. The van der Waals surface area contributed by atoms with Gasteiger partial charge in [0.25, 0.3) is 0 Å². The number of unbranched alkanes of at least 4 members (excludes halogenated alkanes) is 3. The lowest BCUT2D eigenvalue weighted by molar-refractivity contribution is 0.168. The monoisotopic (exact) mass is 295 g/mol. The van der Waals surface area contributed by atoms with Crippen LogP contribution in [-0.4, -0.2) is 29.5 Å². The van der Waals surface area contributed by atoms with Crippen molar-refractivity contribution in [3.05, 3.63) is 23.8 Å². The van der Waals surface area contributed by atoms with Crippen LogP contribution < -0.4 is 0 Å². The van der Waals surface area contributed by atoms with Gasteiger partial charge in [-0.15, -0.1) is 0 Å². The maximum absolute atomic E-state index is 9.43. The summed E-state index contributed by atoms with van der Waals surface area (Å²) in [5.41, 5.74) is 0.775. The van der Waals surface area contributed by atoms with Crippen LogP contribution in [0.15, 0.2) is 23.2 Å². The van der Waals surface area contributed by atoms with Crippen LogP contribution in [0.25, 0.3) is 0 Å². The molecule has 0 fully saturated rings. The second-order valence-electron chi connectivity index (χ2n) is 4.75. The van der Waals surface area contributed by atoms with Crippen molar-refractivity contribution in [2.75, 3.05) is 13.2 Å². The molecule has 118 valence electrons. The smallest absolute Gasteiger partial charge is 0.383 e. The zero-order valence-corrected chi connectivity index (χ0v) is 12.8. The van der Waals surface area contributed by atoms with E-state index < -0.39 is 0 Å². The lowest BCUT2D eigenvalue weighted by atomic mass is 10.2. The van der Waals surface area contributed by atoms with Crippen molar-refractivity contribution < 1.29 is 19.7 Å². The summed E-state index contributed by atoms with van der Waals surface area (Å²) in [6, 6.07) is 4.61. The van der Waals surface area contributed by atoms with Crippen LogP contribution in [-0.2, 0) is 16.0 Å². The van der Waals surface area contributed by atoms with Gasteiger partial charge in [-0.3, -0.25) is 0 Å². The third-order valence-electron chi connectivity index (χ3n) is 2.92. The quantitative estimate of drug-likeness (QED) is 0.333. The molecule has 0 radical (unpaired) electrons. The molecule has 21 heavy (non-hydrogen) atoms. The van der Waals surface area contributed by atoms with E-state index in [1.807, 2.05) is 6.92 Å². The van der Waals surface area contributed by atoms with Crippen LogP contribution in [0.2, 0.25) is 0 Å². The van der Waals surface area contributed by atoms with Gasteiger partial charge in [0.05, 0.1) is 19.8 Å². The lowest BCUT2D eigenvalue weighted by Crippen LogP contribution is -2.11. The predicted molar refractivity (Wildman–Crippen MR) is 82.6 cm³/mol. The Hall–Kier alpha value is -1.91. The van der Waals surface area contributed by atoms with Gasteiger partial charge in [-0.1, -0.05) is 32.3 Å². The van der Waals surface area contributed by atoms with E-state index in [9.17, 15) is 10.2 Å². The Kier molecular flexibility index (Phi) is 8.09. The van der Waals surface area contributed by atoms with E-state index in [0.717, 1.165) is 18.4 Å².